The molecule has 1 N–H and O–H groups in total. The number of rotatable bonds is 6. The Balaban J connectivity index is 1.40. The Labute approximate surface area is 213 Å². The summed E-state index contributed by atoms with van der Waals surface area (Å²) in [6.07, 6.45) is 4.58. The number of piperidine rings is 2. The van der Waals surface area contributed by atoms with E-state index in [0.717, 1.165) is 49.5 Å². The maximum Gasteiger partial charge on any atom is 0.321 e. The van der Waals surface area contributed by atoms with E-state index < -0.39 is 5.41 Å². The van der Waals surface area contributed by atoms with Crippen molar-refractivity contribution >= 4 is 23.3 Å². The minimum Gasteiger partial charge on any atom is -0.496 e. The summed E-state index contributed by atoms with van der Waals surface area (Å²) in [5.74, 6) is 1.32. The lowest BCUT2D eigenvalue weighted by molar-refractivity contribution is 0.183. The molecule has 2 aliphatic heterocycles. The van der Waals surface area contributed by atoms with Gasteiger partial charge in [0.05, 0.1) is 18.6 Å². The number of hydrogen-bond acceptors (Lipinski definition) is 4. The second-order valence-corrected chi connectivity index (χ2v) is 10.1. The van der Waals surface area contributed by atoms with Crippen LogP contribution < -0.4 is 10.1 Å². The minimum atomic E-state index is -0.582. The predicted octanol–water partition coefficient (Wildman–Crippen LogP) is 6.03. The quantitative estimate of drug-likeness (QED) is 0.532. The van der Waals surface area contributed by atoms with Gasteiger partial charge in [-0.15, -0.1) is 0 Å². The van der Waals surface area contributed by atoms with Crippen molar-refractivity contribution in [1.82, 2.24) is 9.80 Å². The van der Waals surface area contributed by atoms with E-state index in [1.54, 1.807) is 12.0 Å². The monoisotopic (exact) mass is 494 g/mol. The summed E-state index contributed by atoms with van der Waals surface area (Å²) in [6.45, 7) is 6.63. The van der Waals surface area contributed by atoms with Gasteiger partial charge in [-0.25, -0.2) is 4.79 Å². The van der Waals surface area contributed by atoms with Gasteiger partial charge in [0.15, 0.2) is 0 Å². The van der Waals surface area contributed by atoms with Crippen LogP contribution in [0.15, 0.2) is 42.5 Å². The number of urea groups is 1. The van der Waals surface area contributed by atoms with E-state index in [1.165, 1.54) is 12.0 Å². The molecule has 2 amide bonds. The molecule has 2 aliphatic rings. The largest absolute Gasteiger partial charge is 0.496 e. The maximum absolute atomic E-state index is 13.1. The van der Waals surface area contributed by atoms with Crippen molar-refractivity contribution in [3.05, 3.63) is 58.6 Å². The molecule has 186 valence electrons. The highest BCUT2D eigenvalue weighted by Crippen LogP contribution is 2.37. The first-order valence-electron chi connectivity index (χ1n) is 12.6. The second-order valence-electron chi connectivity index (χ2n) is 9.69. The van der Waals surface area contributed by atoms with Gasteiger partial charge in [-0.2, -0.15) is 5.26 Å². The molecule has 7 heteroatoms. The van der Waals surface area contributed by atoms with Crippen LogP contribution in [0.25, 0.3) is 0 Å². The average Bonchev–Trinajstić information content (AvgIpc) is 2.90. The third-order valence-corrected chi connectivity index (χ3v) is 7.82. The van der Waals surface area contributed by atoms with Gasteiger partial charge < -0.3 is 19.9 Å². The Morgan fingerprint density at radius 3 is 2.43 bits per heavy atom. The van der Waals surface area contributed by atoms with Gasteiger partial charge in [-0.3, -0.25) is 0 Å². The lowest BCUT2D eigenvalue weighted by atomic mass is 9.74. The molecule has 0 radical (unpaired) electrons. The number of methoxy groups -OCH3 is 1. The molecule has 2 heterocycles. The first-order chi connectivity index (χ1) is 17.0. The number of carbonyl (C=O) groups excluding carboxylic acids is 1. The molecule has 0 unspecified atom stereocenters. The van der Waals surface area contributed by atoms with E-state index in [9.17, 15) is 10.1 Å². The Morgan fingerprint density at radius 1 is 1.14 bits per heavy atom. The molecular formula is C28H35ClN4O2. The zero-order chi connectivity index (χ0) is 24.8. The molecule has 4 rings (SSSR count). The average molecular weight is 495 g/mol. The highest BCUT2D eigenvalue weighted by molar-refractivity contribution is 6.30. The number of nitrogens with zero attached hydrogens (tertiary/aromatic N) is 3. The van der Waals surface area contributed by atoms with Crippen molar-refractivity contribution in [2.45, 2.75) is 50.4 Å². The first kappa shape index (κ1) is 25.3. The van der Waals surface area contributed by atoms with Crippen LogP contribution in [0.4, 0.5) is 10.5 Å². The van der Waals surface area contributed by atoms with Crippen LogP contribution in [0.3, 0.4) is 0 Å². The summed E-state index contributed by atoms with van der Waals surface area (Å²) in [5.41, 5.74) is 2.35. The number of nitriles is 1. The van der Waals surface area contributed by atoms with Crippen LogP contribution in [0, 0.1) is 11.3 Å². The molecular weight excluding hydrogens is 460 g/mol. The number of amides is 2. The number of ether oxygens (including phenoxy) is 1. The molecule has 0 aromatic heterocycles. The molecule has 0 spiro atoms. The summed E-state index contributed by atoms with van der Waals surface area (Å²) < 4.78 is 5.66. The molecule has 0 saturated carbocycles. The predicted molar refractivity (Wildman–Crippen MR) is 140 cm³/mol. The Hall–Kier alpha value is -2.75. The SMILES string of the molecule is CCCN1CCC(c2cc(NC(=O)N3CCC(C#N)(c4ccc(Cl)cc4)CC3)ccc2OC)CC1. The fourth-order valence-electron chi connectivity index (χ4n) is 5.44. The zero-order valence-electron chi connectivity index (χ0n) is 20.7. The van der Waals surface area contributed by atoms with Gasteiger partial charge in [-0.05, 0) is 99.1 Å². The van der Waals surface area contributed by atoms with Gasteiger partial charge in [0.2, 0.25) is 0 Å². The number of anilines is 1. The van der Waals surface area contributed by atoms with E-state index in [-0.39, 0.29) is 6.03 Å². The van der Waals surface area contributed by atoms with Crippen molar-refractivity contribution in [2.75, 3.05) is 45.2 Å². The fourth-order valence-corrected chi connectivity index (χ4v) is 5.57. The van der Waals surface area contributed by atoms with Crippen LogP contribution in [-0.4, -0.2) is 55.7 Å². The van der Waals surface area contributed by atoms with Gasteiger partial charge in [-0.1, -0.05) is 30.7 Å². The molecule has 2 saturated heterocycles. The molecule has 0 atom stereocenters. The second kappa shape index (κ2) is 11.3. The van der Waals surface area contributed by atoms with Crippen molar-refractivity contribution in [3.63, 3.8) is 0 Å². The summed E-state index contributed by atoms with van der Waals surface area (Å²) in [7, 11) is 1.71. The minimum absolute atomic E-state index is 0.124. The van der Waals surface area contributed by atoms with Crippen molar-refractivity contribution < 1.29 is 9.53 Å². The summed E-state index contributed by atoms with van der Waals surface area (Å²) in [4.78, 5) is 17.4. The lowest BCUT2D eigenvalue weighted by Crippen LogP contribution is -2.46. The number of likely N-dealkylation sites (tertiary alicyclic amines) is 2. The molecule has 0 aliphatic carbocycles. The third-order valence-electron chi connectivity index (χ3n) is 7.56. The number of benzene rings is 2. The Morgan fingerprint density at radius 2 is 1.83 bits per heavy atom. The van der Waals surface area contributed by atoms with Crippen molar-refractivity contribution in [3.8, 4) is 11.8 Å². The first-order valence-corrected chi connectivity index (χ1v) is 13.0. The van der Waals surface area contributed by atoms with Gasteiger partial charge in [0, 0.05) is 23.8 Å². The molecule has 6 nitrogen and oxygen atoms in total. The van der Waals surface area contributed by atoms with E-state index in [1.807, 2.05) is 36.4 Å². The Bertz CT molecular complexity index is 1050. The number of carbonyl (C=O) groups is 1. The summed E-state index contributed by atoms with van der Waals surface area (Å²) >= 11 is 6.03. The number of nitrogens with one attached hydrogen (secondary N) is 1. The maximum atomic E-state index is 13.1. The lowest BCUT2D eigenvalue weighted by Gasteiger charge is -2.37. The van der Waals surface area contributed by atoms with E-state index in [0.29, 0.717) is 36.9 Å². The number of halogens is 1. The zero-order valence-corrected chi connectivity index (χ0v) is 21.5. The van der Waals surface area contributed by atoms with Crippen molar-refractivity contribution in [2.24, 2.45) is 0 Å². The van der Waals surface area contributed by atoms with Crippen LogP contribution in [0.5, 0.6) is 5.75 Å². The highest BCUT2D eigenvalue weighted by atomic mass is 35.5. The van der Waals surface area contributed by atoms with E-state index in [4.69, 9.17) is 16.3 Å². The van der Waals surface area contributed by atoms with Gasteiger partial charge >= 0.3 is 6.03 Å². The van der Waals surface area contributed by atoms with Crippen LogP contribution in [0.1, 0.15) is 56.1 Å². The van der Waals surface area contributed by atoms with Gasteiger partial charge in [0.25, 0.3) is 0 Å². The van der Waals surface area contributed by atoms with Crippen LogP contribution in [-0.2, 0) is 5.41 Å². The molecule has 35 heavy (non-hydrogen) atoms. The molecule has 0 bridgehead atoms. The number of hydrogen-bond donors (Lipinski definition) is 1. The highest BCUT2D eigenvalue weighted by Gasteiger charge is 2.37. The Kier molecular flexibility index (Phi) is 8.20. The summed E-state index contributed by atoms with van der Waals surface area (Å²) in [5, 5.41) is 13.7. The molecule has 2 aromatic carbocycles. The fraction of sp³-hybridized carbons (Fsp3) is 0.500. The summed E-state index contributed by atoms with van der Waals surface area (Å²) in [6, 6.07) is 15.8. The van der Waals surface area contributed by atoms with E-state index in [2.05, 4.69) is 29.3 Å². The van der Waals surface area contributed by atoms with Gasteiger partial charge in [0.1, 0.15) is 5.75 Å². The van der Waals surface area contributed by atoms with E-state index >= 15 is 0 Å². The topological polar surface area (TPSA) is 68.6 Å². The van der Waals surface area contributed by atoms with Crippen molar-refractivity contribution in [1.29, 1.82) is 5.26 Å². The molecule has 2 fully saturated rings. The molecule has 2 aromatic rings. The van der Waals surface area contributed by atoms with Crippen LogP contribution >= 0.6 is 11.6 Å². The standard InChI is InChI=1S/C28H35ClN4O2/c1-3-14-32-15-10-21(11-16-32)25-19-24(8-9-26(25)35-2)31-27(34)33-17-12-28(20-30,13-18-33)22-4-6-23(29)7-5-22/h4-9,19,21H,3,10-18H2,1-2H3,(H,31,34). The third kappa shape index (κ3) is 5.74. The smallest absolute Gasteiger partial charge is 0.321 e. The normalized spacial score (nSPS) is 18.6. The van der Waals surface area contributed by atoms with Crippen LogP contribution in [0.2, 0.25) is 5.02 Å².